The first-order valence-corrected chi connectivity index (χ1v) is 7.19. The molecule has 2 N–H and O–H groups in total. The van der Waals surface area contributed by atoms with Gasteiger partial charge in [-0.2, -0.15) is 0 Å². The molecule has 1 heterocycles. The summed E-state index contributed by atoms with van der Waals surface area (Å²) in [4.78, 5) is 18.6. The van der Waals surface area contributed by atoms with Crippen LogP contribution in [0.25, 0.3) is 0 Å². The highest BCUT2D eigenvalue weighted by Crippen LogP contribution is 2.18. The predicted molar refractivity (Wildman–Crippen MR) is 83.6 cm³/mol. The van der Waals surface area contributed by atoms with E-state index in [4.69, 9.17) is 5.73 Å². The molecule has 1 amide bonds. The van der Waals surface area contributed by atoms with Gasteiger partial charge >= 0.3 is 0 Å². The van der Waals surface area contributed by atoms with Crippen LogP contribution in [-0.4, -0.2) is 28.9 Å². The molecule has 110 valence electrons. The zero-order valence-electron chi connectivity index (χ0n) is 12.3. The molecule has 4 nitrogen and oxygen atoms in total. The lowest BCUT2D eigenvalue weighted by atomic mass is 9.97. The first-order valence-electron chi connectivity index (χ1n) is 7.19. The van der Waals surface area contributed by atoms with Crippen LogP contribution in [0.4, 0.5) is 0 Å². The van der Waals surface area contributed by atoms with Crippen molar-refractivity contribution in [3.63, 3.8) is 0 Å². The number of benzene rings is 1. The molecule has 1 aromatic carbocycles. The summed E-state index contributed by atoms with van der Waals surface area (Å²) in [6, 6.07) is 13.6. The Morgan fingerprint density at radius 3 is 2.43 bits per heavy atom. The smallest absolute Gasteiger partial charge is 0.231 e. The van der Waals surface area contributed by atoms with Gasteiger partial charge in [-0.15, -0.1) is 0 Å². The average molecular weight is 283 g/mol. The van der Waals surface area contributed by atoms with Crippen LogP contribution in [0.2, 0.25) is 0 Å². The van der Waals surface area contributed by atoms with Gasteiger partial charge < -0.3 is 10.6 Å². The molecule has 2 aromatic rings. The van der Waals surface area contributed by atoms with Crippen molar-refractivity contribution in [1.82, 2.24) is 9.88 Å². The van der Waals surface area contributed by atoms with Gasteiger partial charge in [0.25, 0.3) is 0 Å². The average Bonchev–Trinajstić information content (AvgIpc) is 2.55. The number of hydrogen-bond donors (Lipinski definition) is 1. The Morgan fingerprint density at radius 2 is 1.86 bits per heavy atom. The number of amides is 1. The maximum absolute atomic E-state index is 12.7. The largest absolute Gasteiger partial charge is 0.338 e. The molecule has 0 aliphatic heterocycles. The van der Waals surface area contributed by atoms with Crippen LogP contribution in [0.3, 0.4) is 0 Å². The van der Waals surface area contributed by atoms with E-state index in [1.807, 2.05) is 54.3 Å². The summed E-state index contributed by atoms with van der Waals surface area (Å²) in [6.45, 7) is 3.54. The van der Waals surface area contributed by atoms with Crippen LogP contribution in [0.5, 0.6) is 0 Å². The molecule has 0 aliphatic carbocycles. The van der Waals surface area contributed by atoms with Crippen LogP contribution in [0.1, 0.15) is 24.0 Å². The summed E-state index contributed by atoms with van der Waals surface area (Å²) in [6.07, 6.45) is 3.48. The van der Waals surface area contributed by atoms with Crippen molar-refractivity contribution in [2.75, 3.05) is 13.1 Å². The lowest BCUT2D eigenvalue weighted by Gasteiger charge is -2.26. The summed E-state index contributed by atoms with van der Waals surface area (Å²) in [5, 5.41) is 0. The molecule has 2 rings (SSSR count). The standard InChI is InChI=1S/C17H21N3O/c1-2-20(13-14-8-10-19-11-9-14)17(21)16(12-18)15-6-4-3-5-7-15/h3-11,16H,2,12-13,18H2,1H3. The lowest BCUT2D eigenvalue weighted by molar-refractivity contribution is -0.133. The van der Waals surface area contributed by atoms with Crippen molar-refractivity contribution in [3.8, 4) is 0 Å². The Morgan fingerprint density at radius 1 is 1.19 bits per heavy atom. The second-order valence-electron chi connectivity index (χ2n) is 4.91. The summed E-state index contributed by atoms with van der Waals surface area (Å²) < 4.78 is 0. The minimum Gasteiger partial charge on any atom is -0.338 e. The highest BCUT2D eigenvalue weighted by molar-refractivity contribution is 5.84. The monoisotopic (exact) mass is 283 g/mol. The van der Waals surface area contributed by atoms with Gasteiger partial charge in [0.1, 0.15) is 0 Å². The van der Waals surface area contributed by atoms with Crippen LogP contribution in [0, 0.1) is 0 Å². The van der Waals surface area contributed by atoms with Crippen molar-refractivity contribution in [2.24, 2.45) is 5.73 Å². The summed E-state index contributed by atoms with van der Waals surface area (Å²) in [5.41, 5.74) is 7.88. The van der Waals surface area contributed by atoms with Crippen molar-refractivity contribution in [3.05, 3.63) is 66.0 Å². The fourth-order valence-electron chi connectivity index (χ4n) is 2.34. The minimum atomic E-state index is -0.284. The van der Waals surface area contributed by atoms with E-state index in [0.717, 1.165) is 11.1 Å². The van der Waals surface area contributed by atoms with Crippen LogP contribution in [0.15, 0.2) is 54.9 Å². The highest BCUT2D eigenvalue weighted by Gasteiger charge is 2.23. The third-order valence-electron chi connectivity index (χ3n) is 3.55. The Hall–Kier alpha value is -2.20. The van der Waals surface area contributed by atoms with Gasteiger partial charge in [-0.25, -0.2) is 0 Å². The second kappa shape index (κ2) is 7.55. The Balaban J connectivity index is 2.15. The maximum atomic E-state index is 12.7. The van der Waals surface area contributed by atoms with Gasteiger partial charge in [0.15, 0.2) is 0 Å². The van der Waals surface area contributed by atoms with Crippen LogP contribution < -0.4 is 5.73 Å². The van der Waals surface area contributed by atoms with E-state index in [1.165, 1.54) is 0 Å². The van der Waals surface area contributed by atoms with Gasteiger partial charge in [0, 0.05) is 32.0 Å². The van der Waals surface area contributed by atoms with E-state index in [1.54, 1.807) is 12.4 Å². The molecule has 1 atom stereocenters. The first kappa shape index (κ1) is 15.2. The normalized spacial score (nSPS) is 11.9. The summed E-state index contributed by atoms with van der Waals surface area (Å²) in [7, 11) is 0. The topological polar surface area (TPSA) is 59.2 Å². The third kappa shape index (κ3) is 3.89. The molecule has 0 radical (unpaired) electrons. The van der Waals surface area contributed by atoms with E-state index in [9.17, 15) is 4.79 Å². The number of carbonyl (C=O) groups excluding carboxylic acids is 1. The van der Waals surface area contributed by atoms with Crippen molar-refractivity contribution in [1.29, 1.82) is 0 Å². The number of pyridine rings is 1. The molecule has 0 spiro atoms. The summed E-state index contributed by atoms with van der Waals surface area (Å²) >= 11 is 0. The SMILES string of the molecule is CCN(Cc1ccncc1)C(=O)C(CN)c1ccccc1. The quantitative estimate of drug-likeness (QED) is 0.884. The number of nitrogens with two attached hydrogens (primary N) is 1. The Labute approximate surface area is 125 Å². The van der Waals surface area contributed by atoms with Gasteiger partial charge in [0.2, 0.25) is 5.91 Å². The van der Waals surface area contributed by atoms with Crippen molar-refractivity contribution in [2.45, 2.75) is 19.4 Å². The Bertz CT molecular complexity index is 557. The zero-order valence-corrected chi connectivity index (χ0v) is 12.3. The number of hydrogen-bond acceptors (Lipinski definition) is 3. The zero-order chi connectivity index (χ0) is 15.1. The van der Waals surface area contributed by atoms with Gasteiger partial charge in [-0.1, -0.05) is 30.3 Å². The molecular weight excluding hydrogens is 262 g/mol. The third-order valence-corrected chi connectivity index (χ3v) is 3.55. The number of likely N-dealkylation sites (N-methyl/N-ethyl adjacent to an activating group) is 1. The molecule has 4 heteroatoms. The molecule has 0 fully saturated rings. The molecular formula is C17H21N3O. The van der Waals surface area contributed by atoms with Crippen molar-refractivity contribution < 1.29 is 4.79 Å². The fraction of sp³-hybridized carbons (Fsp3) is 0.294. The number of nitrogens with zero attached hydrogens (tertiary/aromatic N) is 2. The molecule has 1 aromatic heterocycles. The number of aromatic nitrogens is 1. The van der Waals surface area contributed by atoms with Crippen LogP contribution in [-0.2, 0) is 11.3 Å². The van der Waals surface area contributed by atoms with Crippen LogP contribution >= 0.6 is 0 Å². The van der Waals surface area contributed by atoms with Gasteiger partial charge in [0.05, 0.1) is 5.92 Å². The van der Waals surface area contributed by atoms with Gasteiger partial charge in [-0.05, 0) is 30.2 Å². The lowest BCUT2D eigenvalue weighted by Crippen LogP contribution is -2.37. The molecule has 0 bridgehead atoms. The van der Waals surface area contributed by atoms with E-state index in [0.29, 0.717) is 19.6 Å². The molecule has 0 saturated carbocycles. The van der Waals surface area contributed by atoms with Crippen molar-refractivity contribution >= 4 is 5.91 Å². The second-order valence-corrected chi connectivity index (χ2v) is 4.91. The minimum absolute atomic E-state index is 0.0722. The molecule has 0 aliphatic rings. The van der Waals surface area contributed by atoms with Gasteiger partial charge in [-0.3, -0.25) is 9.78 Å². The van der Waals surface area contributed by atoms with E-state index < -0.39 is 0 Å². The highest BCUT2D eigenvalue weighted by atomic mass is 16.2. The van der Waals surface area contributed by atoms with E-state index in [2.05, 4.69) is 4.98 Å². The first-order chi connectivity index (χ1) is 10.3. The number of rotatable bonds is 6. The predicted octanol–water partition coefficient (Wildman–Crippen LogP) is 2.17. The molecule has 0 saturated heterocycles. The van der Waals surface area contributed by atoms with E-state index >= 15 is 0 Å². The summed E-state index contributed by atoms with van der Waals surface area (Å²) in [5.74, 6) is -0.212. The maximum Gasteiger partial charge on any atom is 0.231 e. The number of carbonyl (C=O) groups is 1. The van der Waals surface area contributed by atoms with E-state index in [-0.39, 0.29) is 11.8 Å². The molecule has 21 heavy (non-hydrogen) atoms. The Kier molecular flexibility index (Phi) is 5.46. The molecule has 1 unspecified atom stereocenters. The fourth-order valence-corrected chi connectivity index (χ4v) is 2.34.